The van der Waals surface area contributed by atoms with Crippen LogP contribution in [0, 0.1) is 5.92 Å². The molecule has 0 spiro atoms. The van der Waals surface area contributed by atoms with Crippen LogP contribution in [-0.2, 0) is 6.54 Å². The van der Waals surface area contributed by atoms with Gasteiger partial charge in [0.25, 0.3) is 0 Å². The van der Waals surface area contributed by atoms with E-state index in [1.165, 1.54) is 57.4 Å². The van der Waals surface area contributed by atoms with Crippen LogP contribution >= 0.6 is 0 Å². The molecule has 146 valence electrons. The third-order valence-electron chi connectivity index (χ3n) is 6.34. The van der Waals surface area contributed by atoms with Gasteiger partial charge in [0, 0.05) is 12.5 Å². The Balaban J connectivity index is 1.60. The molecule has 1 aliphatic heterocycles. The molecule has 1 aliphatic carbocycles. The van der Waals surface area contributed by atoms with Crippen LogP contribution < -0.4 is 24.0 Å². The van der Waals surface area contributed by atoms with Crippen molar-refractivity contribution < 1.29 is 24.0 Å². The normalized spacial score (nSPS) is 29.2. The number of benzene rings is 1. The predicted octanol–water partition coefficient (Wildman–Crippen LogP) is 0.575. The summed E-state index contributed by atoms with van der Waals surface area (Å²) in [6.07, 6.45) is 5.71. The first kappa shape index (κ1) is 19.3. The lowest BCUT2D eigenvalue weighted by atomic mass is 9.86. The summed E-state index contributed by atoms with van der Waals surface area (Å²) in [5.74, 6) is 3.32. The first-order valence-corrected chi connectivity index (χ1v) is 10.1. The lowest BCUT2D eigenvalue weighted by Crippen LogP contribution is -3.29. The summed E-state index contributed by atoms with van der Waals surface area (Å²) in [5.41, 5.74) is 1.20. The number of hydrogen-bond acceptors (Lipinski definition) is 3. The molecule has 0 unspecified atom stereocenters. The van der Waals surface area contributed by atoms with Gasteiger partial charge in [-0.25, -0.2) is 0 Å². The summed E-state index contributed by atoms with van der Waals surface area (Å²) in [5, 5.41) is 0. The molecular formula is C21H36N2O3+2. The van der Waals surface area contributed by atoms with Crippen molar-refractivity contribution >= 4 is 0 Å². The number of nitrogens with one attached hydrogen (secondary N) is 2. The first-order chi connectivity index (χ1) is 12.6. The number of piperazine rings is 1. The Morgan fingerprint density at radius 3 is 2.15 bits per heavy atom. The molecule has 1 saturated heterocycles. The molecule has 3 rings (SSSR count). The van der Waals surface area contributed by atoms with Gasteiger partial charge in [0.15, 0.2) is 11.5 Å². The summed E-state index contributed by atoms with van der Waals surface area (Å²) >= 11 is 0. The Labute approximate surface area is 158 Å². The highest BCUT2D eigenvalue weighted by atomic mass is 16.5. The average Bonchev–Trinajstić information content (AvgIpc) is 2.68. The third kappa shape index (κ3) is 4.44. The maximum absolute atomic E-state index is 5.60. The Morgan fingerprint density at radius 1 is 0.885 bits per heavy atom. The van der Waals surface area contributed by atoms with Crippen molar-refractivity contribution in [2.45, 2.75) is 45.2 Å². The minimum absolute atomic E-state index is 0.726. The molecule has 5 nitrogen and oxygen atoms in total. The van der Waals surface area contributed by atoms with Gasteiger partial charge >= 0.3 is 0 Å². The van der Waals surface area contributed by atoms with E-state index in [4.69, 9.17) is 14.2 Å². The van der Waals surface area contributed by atoms with E-state index in [0.29, 0.717) is 0 Å². The van der Waals surface area contributed by atoms with Crippen LogP contribution in [0.1, 0.15) is 38.2 Å². The quantitative estimate of drug-likeness (QED) is 0.775. The lowest BCUT2D eigenvalue weighted by molar-refractivity contribution is -1.03. The standard InChI is InChI=1S/C21H34N2O3/c1-16-6-5-7-18(12-16)23-10-8-22(9-11-23)15-17-13-20(25-3)21(26-4)14-19(17)24-2/h13-14,16,18H,5-12,15H2,1-4H3/p+2/t16-,18-/m1/s1. The molecule has 0 amide bonds. The fraction of sp³-hybridized carbons (Fsp3) is 0.714. The maximum Gasteiger partial charge on any atom is 0.164 e. The number of rotatable bonds is 6. The minimum atomic E-state index is 0.726. The second-order valence-electron chi connectivity index (χ2n) is 8.07. The summed E-state index contributed by atoms with van der Waals surface area (Å²) in [7, 11) is 5.08. The largest absolute Gasteiger partial charge is 0.496 e. The Morgan fingerprint density at radius 2 is 1.54 bits per heavy atom. The van der Waals surface area contributed by atoms with Gasteiger partial charge in [0.05, 0.1) is 32.9 Å². The van der Waals surface area contributed by atoms with Crippen LogP contribution in [0.25, 0.3) is 0 Å². The van der Waals surface area contributed by atoms with E-state index in [9.17, 15) is 0 Å². The minimum Gasteiger partial charge on any atom is -0.496 e. The zero-order chi connectivity index (χ0) is 18.5. The van der Waals surface area contributed by atoms with E-state index < -0.39 is 0 Å². The van der Waals surface area contributed by atoms with Crippen molar-refractivity contribution in [2.24, 2.45) is 5.92 Å². The molecule has 2 fully saturated rings. The molecule has 5 heteroatoms. The molecule has 1 saturated carbocycles. The van der Waals surface area contributed by atoms with E-state index >= 15 is 0 Å². The van der Waals surface area contributed by atoms with Gasteiger partial charge in [0.1, 0.15) is 38.5 Å². The monoisotopic (exact) mass is 364 g/mol. The zero-order valence-electron chi connectivity index (χ0n) is 16.9. The first-order valence-electron chi connectivity index (χ1n) is 10.1. The SMILES string of the molecule is COc1cc(OC)c(OC)cc1C[NH+]1CC[NH+]([C@@H]2CCC[C@@H](C)C2)CC1. The fourth-order valence-corrected chi connectivity index (χ4v) is 4.81. The van der Waals surface area contributed by atoms with E-state index in [1.54, 1.807) is 26.2 Å². The highest BCUT2D eigenvalue weighted by Gasteiger charge is 2.32. The fourth-order valence-electron chi connectivity index (χ4n) is 4.81. The van der Waals surface area contributed by atoms with Gasteiger partial charge in [0.2, 0.25) is 0 Å². The predicted molar refractivity (Wildman–Crippen MR) is 103 cm³/mol. The molecule has 0 radical (unpaired) electrons. The van der Waals surface area contributed by atoms with Crippen LogP contribution in [0.15, 0.2) is 12.1 Å². The summed E-state index contributed by atoms with van der Waals surface area (Å²) in [4.78, 5) is 3.49. The lowest BCUT2D eigenvalue weighted by Gasteiger charge is -2.37. The van der Waals surface area contributed by atoms with Crippen molar-refractivity contribution in [1.29, 1.82) is 0 Å². The van der Waals surface area contributed by atoms with Gasteiger partial charge in [-0.2, -0.15) is 0 Å². The summed E-state index contributed by atoms with van der Waals surface area (Å²) < 4.78 is 16.5. The second-order valence-corrected chi connectivity index (χ2v) is 8.07. The number of quaternary nitrogens is 2. The molecule has 2 atom stereocenters. The number of hydrogen-bond donors (Lipinski definition) is 2. The zero-order valence-corrected chi connectivity index (χ0v) is 16.9. The molecule has 1 aromatic rings. The third-order valence-corrected chi connectivity index (χ3v) is 6.34. The summed E-state index contributed by atoms with van der Waals surface area (Å²) in [6.45, 7) is 8.47. The van der Waals surface area contributed by atoms with Gasteiger partial charge in [-0.3, -0.25) is 0 Å². The van der Waals surface area contributed by atoms with Crippen molar-refractivity contribution in [3.8, 4) is 17.2 Å². The van der Waals surface area contributed by atoms with Gasteiger partial charge in [-0.05, 0) is 24.8 Å². The van der Waals surface area contributed by atoms with E-state index in [2.05, 4.69) is 13.0 Å². The highest BCUT2D eigenvalue weighted by Crippen LogP contribution is 2.34. The number of methoxy groups -OCH3 is 3. The van der Waals surface area contributed by atoms with Gasteiger partial charge < -0.3 is 24.0 Å². The van der Waals surface area contributed by atoms with Crippen LogP contribution in [0.5, 0.6) is 17.2 Å². The van der Waals surface area contributed by atoms with Crippen LogP contribution in [0.4, 0.5) is 0 Å². The van der Waals surface area contributed by atoms with Crippen molar-refractivity contribution in [3.63, 3.8) is 0 Å². The van der Waals surface area contributed by atoms with Crippen LogP contribution in [-0.4, -0.2) is 53.6 Å². The molecule has 0 bridgehead atoms. The Hall–Kier alpha value is -1.46. The molecule has 2 N–H and O–H groups in total. The van der Waals surface area contributed by atoms with Gasteiger partial charge in [-0.15, -0.1) is 0 Å². The van der Waals surface area contributed by atoms with Crippen molar-refractivity contribution in [3.05, 3.63) is 17.7 Å². The van der Waals surface area contributed by atoms with Gasteiger partial charge in [-0.1, -0.05) is 13.3 Å². The van der Waals surface area contributed by atoms with E-state index in [0.717, 1.165) is 35.8 Å². The molecule has 1 aromatic carbocycles. The Kier molecular flexibility index (Phi) is 6.65. The van der Waals surface area contributed by atoms with E-state index in [1.807, 2.05) is 11.0 Å². The molecule has 0 aromatic heterocycles. The molecule has 1 heterocycles. The van der Waals surface area contributed by atoms with E-state index in [-0.39, 0.29) is 0 Å². The summed E-state index contributed by atoms with van der Waals surface area (Å²) in [6, 6.07) is 4.92. The maximum atomic E-state index is 5.60. The molecule has 2 aliphatic rings. The topological polar surface area (TPSA) is 36.6 Å². The highest BCUT2D eigenvalue weighted by molar-refractivity contribution is 5.50. The van der Waals surface area contributed by atoms with Crippen molar-refractivity contribution in [1.82, 2.24) is 0 Å². The van der Waals surface area contributed by atoms with Crippen molar-refractivity contribution in [2.75, 3.05) is 47.5 Å². The smallest absolute Gasteiger partial charge is 0.164 e. The average molecular weight is 365 g/mol. The second kappa shape index (κ2) is 8.96. The van der Waals surface area contributed by atoms with Crippen LogP contribution in [0.3, 0.4) is 0 Å². The number of ether oxygens (including phenoxy) is 3. The van der Waals surface area contributed by atoms with Crippen LogP contribution in [0.2, 0.25) is 0 Å². The Bertz CT molecular complexity index is 585. The molecular weight excluding hydrogens is 328 g/mol. The molecule has 26 heavy (non-hydrogen) atoms.